The molecule has 2 rings (SSSR count). The molecule has 0 radical (unpaired) electrons. The van der Waals surface area contributed by atoms with Crippen LogP contribution >= 0.6 is 11.6 Å². The highest BCUT2D eigenvalue weighted by atomic mass is 35.5. The molecule has 0 N–H and O–H groups in total. The lowest BCUT2D eigenvalue weighted by Crippen LogP contribution is -2.45. The first-order valence-corrected chi connectivity index (χ1v) is 6.56. The maximum Gasteiger partial charge on any atom is 0.161 e. The molecule has 0 aliphatic carbocycles. The Hall–Kier alpha value is -1.06. The quantitative estimate of drug-likeness (QED) is 0.771. The van der Waals surface area contributed by atoms with Gasteiger partial charge in [-0.3, -0.25) is 4.79 Å². The van der Waals surface area contributed by atoms with Gasteiger partial charge in [-0.1, -0.05) is 11.6 Å². The Morgan fingerprint density at radius 2 is 1.94 bits per heavy atom. The molecule has 0 bridgehead atoms. The van der Waals surface area contributed by atoms with E-state index in [1.54, 1.807) is 6.07 Å². The number of morpholine rings is 1. The number of rotatable bonds is 2. The molecule has 2 atom stereocenters. The minimum Gasteiger partial charge on any atom is -0.372 e. The zero-order chi connectivity index (χ0) is 13.3. The molecule has 0 spiro atoms. The van der Waals surface area contributed by atoms with Crippen molar-refractivity contribution in [3.8, 4) is 0 Å². The molecule has 0 amide bonds. The van der Waals surface area contributed by atoms with Crippen molar-refractivity contribution in [3.63, 3.8) is 0 Å². The zero-order valence-corrected chi connectivity index (χ0v) is 11.7. The summed E-state index contributed by atoms with van der Waals surface area (Å²) in [6, 6.07) is 5.61. The number of hydrogen-bond acceptors (Lipinski definition) is 3. The molecule has 1 saturated heterocycles. The van der Waals surface area contributed by atoms with Crippen LogP contribution in [0.25, 0.3) is 0 Å². The van der Waals surface area contributed by atoms with E-state index in [0.717, 1.165) is 18.8 Å². The zero-order valence-electron chi connectivity index (χ0n) is 10.9. The second-order valence-electron chi connectivity index (χ2n) is 4.88. The van der Waals surface area contributed by atoms with Gasteiger partial charge in [0.15, 0.2) is 5.78 Å². The number of halogens is 1. The average Bonchev–Trinajstić information content (AvgIpc) is 2.26. The highest BCUT2D eigenvalue weighted by Gasteiger charge is 2.22. The molecule has 1 fully saturated rings. The molecule has 1 heterocycles. The highest BCUT2D eigenvalue weighted by Crippen LogP contribution is 2.26. The third-order valence-electron chi connectivity index (χ3n) is 3.12. The average molecular weight is 268 g/mol. The van der Waals surface area contributed by atoms with Gasteiger partial charge in [-0.15, -0.1) is 0 Å². The standard InChI is InChI=1S/C14H18ClNO2/c1-9-7-16(8-10(2)18-9)12-4-5-13(11(3)17)14(15)6-12/h4-6,9-10H,7-8H2,1-3H3. The van der Waals surface area contributed by atoms with Crippen LogP contribution in [0.1, 0.15) is 31.1 Å². The van der Waals surface area contributed by atoms with Crippen LogP contribution in [0.2, 0.25) is 5.02 Å². The maximum atomic E-state index is 11.3. The predicted octanol–water partition coefficient (Wildman–Crippen LogP) is 3.16. The summed E-state index contributed by atoms with van der Waals surface area (Å²) < 4.78 is 5.70. The molecule has 18 heavy (non-hydrogen) atoms. The maximum absolute atomic E-state index is 11.3. The van der Waals surface area contributed by atoms with Crippen LogP contribution in [0.15, 0.2) is 18.2 Å². The second kappa shape index (κ2) is 5.29. The number of nitrogens with zero attached hydrogens (tertiary/aromatic N) is 1. The summed E-state index contributed by atoms with van der Waals surface area (Å²) >= 11 is 6.14. The third-order valence-corrected chi connectivity index (χ3v) is 3.43. The monoisotopic (exact) mass is 267 g/mol. The molecule has 98 valence electrons. The Morgan fingerprint density at radius 3 is 2.44 bits per heavy atom. The number of ketones is 1. The first-order chi connectivity index (χ1) is 8.47. The number of Topliss-reactive ketones (excluding diaryl/α,β-unsaturated/α-hetero) is 1. The Morgan fingerprint density at radius 1 is 1.33 bits per heavy atom. The first kappa shape index (κ1) is 13.4. The van der Waals surface area contributed by atoms with Gasteiger partial charge in [0, 0.05) is 24.3 Å². The smallest absolute Gasteiger partial charge is 0.161 e. The van der Waals surface area contributed by atoms with Gasteiger partial charge < -0.3 is 9.64 Å². The van der Waals surface area contributed by atoms with Gasteiger partial charge >= 0.3 is 0 Å². The van der Waals surface area contributed by atoms with Gasteiger partial charge in [0.25, 0.3) is 0 Å². The van der Waals surface area contributed by atoms with E-state index >= 15 is 0 Å². The molecule has 2 unspecified atom stereocenters. The largest absolute Gasteiger partial charge is 0.372 e. The van der Waals surface area contributed by atoms with E-state index in [1.165, 1.54) is 6.92 Å². The summed E-state index contributed by atoms with van der Waals surface area (Å²) in [5.41, 5.74) is 1.63. The summed E-state index contributed by atoms with van der Waals surface area (Å²) in [5, 5.41) is 0.520. The van der Waals surface area contributed by atoms with Crippen molar-refractivity contribution < 1.29 is 9.53 Å². The summed E-state index contributed by atoms with van der Waals surface area (Å²) in [5.74, 6) is -0.00439. The summed E-state index contributed by atoms with van der Waals surface area (Å²) in [6.07, 6.45) is 0.417. The molecule has 0 saturated carbocycles. The summed E-state index contributed by atoms with van der Waals surface area (Å²) in [7, 11) is 0. The number of carbonyl (C=O) groups is 1. The molecule has 1 aliphatic heterocycles. The van der Waals surface area contributed by atoms with Crippen molar-refractivity contribution in [2.75, 3.05) is 18.0 Å². The summed E-state index contributed by atoms with van der Waals surface area (Å²) in [6.45, 7) is 7.35. The van der Waals surface area contributed by atoms with Crippen molar-refractivity contribution >= 4 is 23.1 Å². The van der Waals surface area contributed by atoms with Crippen molar-refractivity contribution in [3.05, 3.63) is 28.8 Å². The SMILES string of the molecule is CC(=O)c1ccc(N2CC(C)OC(C)C2)cc1Cl. The van der Waals surface area contributed by atoms with E-state index in [9.17, 15) is 4.79 Å². The fraction of sp³-hybridized carbons (Fsp3) is 0.500. The first-order valence-electron chi connectivity index (χ1n) is 6.18. The summed E-state index contributed by atoms with van der Waals surface area (Å²) in [4.78, 5) is 13.6. The molecular weight excluding hydrogens is 250 g/mol. The van der Waals surface area contributed by atoms with Crippen molar-refractivity contribution in [1.82, 2.24) is 0 Å². The molecule has 3 nitrogen and oxygen atoms in total. The third kappa shape index (κ3) is 2.85. The van der Waals surface area contributed by atoms with Crippen molar-refractivity contribution in [2.24, 2.45) is 0 Å². The fourth-order valence-electron chi connectivity index (χ4n) is 2.37. The Labute approximate surface area is 113 Å². The van der Waals surface area contributed by atoms with Crippen LogP contribution in [-0.4, -0.2) is 31.1 Å². The number of anilines is 1. The van der Waals surface area contributed by atoms with E-state index in [0.29, 0.717) is 10.6 Å². The molecule has 4 heteroatoms. The normalized spacial score (nSPS) is 24.1. The van der Waals surface area contributed by atoms with E-state index in [1.807, 2.05) is 12.1 Å². The number of benzene rings is 1. The number of hydrogen-bond donors (Lipinski definition) is 0. The lowest BCUT2D eigenvalue weighted by atomic mass is 10.1. The van der Waals surface area contributed by atoms with Crippen LogP contribution < -0.4 is 4.90 Å². The minimum absolute atomic E-state index is 0.00439. The predicted molar refractivity (Wildman–Crippen MR) is 73.7 cm³/mol. The molecule has 1 aromatic rings. The van der Waals surface area contributed by atoms with E-state index in [4.69, 9.17) is 16.3 Å². The van der Waals surface area contributed by atoms with Crippen LogP contribution in [0.5, 0.6) is 0 Å². The minimum atomic E-state index is -0.00439. The van der Waals surface area contributed by atoms with E-state index in [2.05, 4.69) is 18.7 Å². The van der Waals surface area contributed by atoms with Crippen LogP contribution in [0, 0.1) is 0 Å². The van der Waals surface area contributed by atoms with E-state index < -0.39 is 0 Å². The molecule has 0 aromatic heterocycles. The Balaban J connectivity index is 2.23. The van der Waals surface area contributed by atoms with Gasteiger partial charge in [0.05, 0.1) is 17.2 Å². The van der Waals surface area contributed by atoms with Crippen molar-refractivity contribution in [1.29, 1.82) is 0 Å². The lowest BCUT2D eigenvalue weighted by molar-refractivity contribution is -0.00522. The van der Waals surface area contributed by atoms with Gasteiger partial charge in [0.2, 0.25) is 0 Å². The molecule has 1 aromatic carbocycles. The number of carbonyl (C=O) groups excluding carboxylic acids is 1. The Bertz CT molecular complexity index is 451. The topological polar surface area (TPSA) is 29.5 Å². The van der Waals surface area contributed by atoms with Crippen LogP contribution in [0.3, 0.4) is 0 Å². The molecule has 1 aliphatic rings. The Kier molecular flexibility index (Phi) is 3.93. The van der Waals surface area contributed by atoms with Crippen LogP contribution in [-0.2, 0) is 4.74 Å². The van der Waals surface area contributed by atoms with Crippen molar-refractivity contribution in [2.45, 2.75) is 33.0 Å². The van der Waals surface area contributed by atoms with Gasteiger partial charge in [0.1, 0.15) is 0 Å². The van der Waals surface area contributed by atoms with E-state index in [-0.39, 0.29) is 18.0 Å². The van der Waals surface area contributed by atoms with Gasteiger partial charge in [-0.05, 0) is 39.0 Å². The molecular formula is C14H18ClNO2. The lowest BCUT2D eigenvalue weighted by Gasteiger charge is -2.37. The fourth-order valence-corrected chi connectivity index (χ4v) is 2.68. The van der Waals surface area contributed by atoms with Crippen LogP contribution in [0.4, 0.5) is 5.69 Å². The van der Waals surface area contributed by atoms with Gasteiger partial charge in [-0.2, -0.15) is 0 Å². The highest BCUT2D eigenvalue weighted by molar-refractivity contribution is 6.34. The number of ether oxygens (including phenoxy) is 1. The van der Waals surface area contributed by atoms with Gasteiger partial charge in [-0.25, -0.2) is 0 Å². The second-order valence-corrected chi connectivity index (χ2v) is 5.29.